The number of pyridine rings is 1. The number of nitrogen functional groups attached to an aromatic ring is 1. The van der Waals surface area contributed by atoms with Gasteiger partial charge in [0.15, 0.2) is 11.9 Å². The van der Waals surface area contributed by atoms with Crippen LogP contribution in [0.1, 0.15) is 32.8 Å². The average Bonchev–Trinajstić information content (AvgIpc) is 2.70. The summed E-state index contributed by atoms with van der Waals surface area (Å²) in [5.41, 5.74) is 8.41. The van der Waals surface area contributed by atoms with E-state index >= 15 is 0 Å². The predicted molar refractivity (Wildman–Crippen MR) is 113 cm³/mol. The number of nitrogens with one attached hydrogen (secondary N) is 1. The molecule has 0 unspecified atom stereocenters. The van der Waals surface area contributed by atoms with E-state index in [0.29, 0.717) is 24.3 Å². The first-order chi connectivity index (χ1) is 13.8. The Bertz CT molecular complexity index is 935. The zero-order valence-electron chi connectivity index (χ0n) is 16.9. The monoisotopic (exact) mass is 394 g/mol. The molecule has 7 nitrogen and oxygen atoms in total. The van der Waals surface area contributed by atoms with E-state index < -0.39 is 11.5 Å². The molecule has 1 aliphatic rings. The molecule has 152 valence electrons. The van der Waals surface area contributed by atoms with Gasteiger partial charge in [0.1, 0.15) is 5.78 Å². The van der Waals surface area contributed by atoms with Gasteiger partial charge in [0.25, 0.3) is 0 Å². The van der Waals surface area contributed by atoms with E-state index in [1.807, 2.05) is 38.1 Å². The molecule has 0 saturated heterocycles. The van der Waals surface area contributed by atoms with Crippen LogP contribution in [0.3, 0.4) is 0 Å². The molecule has 3 rings (SSSR count). The number of aliphatic imine (C=N–C) groups is 1. The number of hydrogen-bond donors (Lipinski definition) is 2. The third-order valence-corrected chi connectivity index (χ3v) is 5.10. The summed E-state index contributed by atoms with van der Waals surface area (Å²) in [6.45, 7) is 5.73. The second-order valence-corrected chi connectivity index (χ2v) is 7.54. The number of hydrogen-bond acceptors (Lipinski definition) is 7. The first-order valence-corrected chi connectivity index (χ1v) is 9.64. The molecule has 2 aromatic rings. The molecule has 29 heavy (non-hydrogen) atoms. The number of Topliss-reactive ketones (excluding diaryl/α,β-unsaturated/α-hetero) is 1. The molecule has 1 heterocycles. The number of nitrogens with zero attached hydrogens (tertiary/aromatic N) is 2. The minimum atomic E-state index is -0.664. The molecule has 1 aromatic heterocycles. The Morgan fingerprint density at radius 1 is 1.31 bits per heavy atom. The van der Waals surface area contributed by atoms with Gasteiger partial charge in [-0.2, -0.15) is 0 Å². The lowest BCUT2D eigenvalue weighted by Crippen LogP contribution is -2.47. The highest BCUT2D eigenvalue weighted by Crippen LogP contribution is 2.34. The van der Waals surface area contributed by atoms with Gasteiger partial charge < -0.3 is 15.8 Å². The molecular formula is C22H26N4O3. The highest BCUT2D eigenvalue weighted by atomic mass is 16.5. The Labute approximate surface area is 170 Å². The maximum Gasteiger partial charge on any atom is 0.331 e. The number of carbonyl (C=O) groups is 2. The zero-order valence-corrected chi connectivity index (χ0v) is 16.9. The van der Waals surface area contributed by atoms with Gasteiger partial charge in [0.2, 0.25) is 0 Å². The van der Waals surface area contributed by atoms with Crippen molar-refractivity contribution in [2.24, 2.45) is 10.4 Å². The van der Waals surface area contributed by atoms with Crippen molar-refractivity contribution in [3.8, 4) is 0 Å². The second-order valence-electron chi connectivity index (χ2n) is 7.54. The van der Waals surface area contributed by atoms with Gasteiger partial charge in [-0.05, 0) is 50.6 Å². The lowest BCUT2D eigenvalue weighted by molar-refractivity contribution is -0.144. The van der Waals surface area contributed by atoms with Gasteiger partial charge in [-0.1, -0.05) is 12.1 Å². The van der Waals surface area contributed by atoms with E-state index in [9.17, 15) is 9.59 Å². The fourth-order valence-electron chi connectivity index (χ4n) is 3.07. The first kappa shape index (κ1) is 20.5. The van der Waals surface area contributed by atoms with Crippen LogP contribution in [-0.2, 0) is 20.7 Å². The van der Waals surface area contributed by atoms with Crippen molar-refractivity contribution in [1.29, 1.82) is 0 Å². The van der Waals surface area contributed by atoms with E-state index in [1.54, 1.807) is 25.3 Å². The molecule has 1 aromatic carbocycles. The van der Waals surface area contributed by atoms with E-state index in [4.69, 9.17) is 10.5 Å². The van der Waals surface area contributed by atoms with Crippen LogP contribution in [0.25, 0.3) is 0 Å². The standard InChI is InChI=1S/C22H26N4O3/c1-4-29-21(28)17(26-18-13-19(27)22(18,2)3)12-14-7-9-15(10-8-14)25-20-16(23)6-5-11-24-20/h5-11,17H,4,12-13,23H2,1-3H3,(H,24,25)/t17-/m0/s1. The molecule has 0 amide bonds. The van der Waals surface area contributed by atoms with Crippen LogP contribution in [0.2, 0.25) is 0 Å². The van der Waals surface area contributed by atoms with E-state index in [2.05, 4.69) is 15.3 Å². The largest absolute Gasteiger partial charge is 0.464 e. The molecule has 0 bridgehead atoms. The Kier molecular flexibility index (Phi) is 5.96. The molecule has 0 radical (unpaired) electrons. The molecule has 1 fully saturated rings. The van der Waals surface area contributed by atoms with Gasteiger partial charge in [0.05, 0.1) is 17.7 Å². The molecular weight excluding hydrogens is 368 g/mol. The van der Waals surface area contributed by atoms with Crippen molar-refractivity contribution in [3.05, 3.63) is 48.2 Å². The zero-order chi connectivity index (χ0) is 21.0. The first-order valence-electron chi connectivity index (χ1n) is 9.64. The number of aromatic nitrogens is 1. The summed E-state index contributed by atoms with van der Waals surface area (Å²) in [5, 5.41) is 3.17. The lowest BCUT2D eigenvalue weighted by atomic mass is 9.68. The van der Waals surface area contributed by atoms with Crippen molar-refractivity contribution in [3.63, 3.8) is 0 Å². The van der Waals surface area contributed by atoms with Gasteiger partial charge >= 0.3 is 5.97 Å². The highest BCUT2D eigenvalue weighted by molar-refractivity contribution is 6.26. The molecule has 1 aliphatic carbocycles. The quantitative estimate of drug-likeness (QED) is 0.698. The number of carbonyl (C=O) groups excluding carboxylic acids is 2. The number of anilines is 3. The van der Waals surface area contributed by atoms with Gasteiger partial charge in [0, 0.05) is 30.4 Å². The highest BCUT2D eigenvalue weighted by Gasteiger charge is 2.44. The lowest BCUT2D eigenvalue weighted by Gasteiger charge is -2.35. The third-order valence-electron chi connectivity index (χ3n) is 5.10. The maximum absolute atomic E-state index is 12.4. The van der Waals surface area contributed by atoms with E-state index in [-0.39, 0.29) is 18.4 Å². The predicted octanol–water partition coefficient (Wildman–Crippen LogP) is 3.32. The number of ether oxygens (including phenoxy) is 1. The summed E-state index contributed by atoms with van der Waals surface area (Å²) in [5.74, 6) is 0.356. The fourth-order valence-corrected chi connectivity index (χ4v) is 3.07. The molecule has 0 spiro atoms. The Hall–Kier alpha value is -3.22. The third kappa shape index (κ3) is 4.62. The average molecular weight is 394 g/mol. The Morgan fingerprint density at radius 2 is 2.03 bits per heavy atom. The molecule has 1 atom stereocenters. The van der Waals surface area contributed by atoms with Crippen LogP contribution in [0.5, 0.6) is 0 Å². The molecule has 3 N–H and O–H groups in total. The Balaban J connectivity index is 1.74. The number of rotatable bonds is 7. The van der Waals surface area contributed by atoms with Crippen LogP contribution >= 0.6 is 0 Å². The van der Waals surface area contributed by atoms with Crippen molar-refractivity contribution in [1.82, 2.24) is 4.98 Å². The maximum atomic E-state index is 12.4. The van der Waals surface area contributed by atoms with Crippen molar-refractivity contribution >= 4 is 34.7 Å². The number of benzene rings is 1. The SMILES string of the molecule is CCOC(=O)[C@H](Cc1ccc(Nc2ncccc2N)cc1)N=C1CC(=O)C1(C)C. The molecule has 0 aliphatic heterocycles. The number of nitrogens with two attached hydrogens (primary N) is 1. The summed E-state index contributed by atoms with van der Waals surface area (Å²) in [4.78, 5) is 33.0. The topological polar surface area (TPSA) is 107 Å². The van der Waals surface area contributed by atoms with Crippen LogP contribution in [0.15, 0.2) is 47.6 Å². The number of ketones is 1. The Morgan fingerprint density at radius 3 is 2.62 bits per heavy atom. The number of esters is 1. The fraction of sp³-hybridized carbons (Fsp3) is 0.364. The van der Waals surface area contributed by atoms with Crippen molar-refractivity contribution in [2.45, 2.75) is 39.7 Å². The smallest absolute Gasteiger partial charge is 0.331 e. The summed E-state index contributed by atoms with van der Waals surface area (Å²) >= 11 is 0. The summed E-state index contributed by atoms with van der Waals surface area (Å²) < 4.78 is 5.19. The van der Waals surface area contributed by atoms with Crippen molar-refractivity contribution < 1.29 is 14.3 Å². The van der Waals surface area contributed by atoms with Crippen LogP contribution in [0, 0.1) is 5.41 Å². The van der Waals surface area contributed by atoms with Gasteiger partial charge in [-0.25, -0.2) is 9.78 Å². The van der Waals surface area contributed by atoms with Gasteiger partial charge in [-0.3, -0.25) is 9.79 Å². The van der Waals surface area contributed by atoms with E-state index in [0.717, 1.165) is 17.0 Å². The van der Waals surface area contributed by atoms with Crippen LogP contribution in [0.4, 0.5) is 17.2 Å². The minimum absolute atomic E-state index is 0.142. The summed E-state index contributed by atoms with van der Waals surface area (Å²) in [6, 6.07) is 10.5. The molecule has 7 heteroatoms. The minimum Gasteiger partial charge on any atom is -0.464 e. The van der Waals surface area contributed by atoms with Crippen LogP contribution in [-0.4, -0.2) is 35.1 Å². The van der Waals surface area contributed by atoms with E-state index in [1.165, 1.54) is 0 Å². The summed E-state index contributed by atoms with van der Waals surface area (Å²) in [7, 11) is 0. The van der Waals surface area contributed by atoms with Crippen molar-refractivity contribution in [2.75, 3.05) is 17.7 Å². The normalized spacial score (nSPS) is 17.5. The van der Waals surface area contributed by atoms with Crippen LogP contribution < -0.4 is 11.1 Å². The molecule has 1 saturated carbocycles. The summed E-state index contributed by atoms with van der Waals surface area (Å²) in [6.07, 6.45) is 2.37. The second kappa shape index (κ2) is 8.43. The van der Waals surface area contributed by atoms with Gasteiger partial charge in [-0.15, -0.1) is 0 Å².